The van der Waals surface area contributed by atoms with Gasteiger partial charge in [-0.3, -0.25) is 0 Å². The van der Waals surface area contributed by atoms with E-state index in [0.717, 1.165) is 29.7 Å². The molecule has 1 heterocycles. The minimum atomic E-state index is -3.36. The monoisotopic (exact) mass is 346 g/mol. The molecule has 0 aromatic heterocycles. The molecule has 6 heteroatoms. The average molecular weight is 346 g/mol. The Hall–Kier alpha value is -1.89. The Kier molecular flexibility index (Phi) is 5.18. The summed E-state index contributed by atoms with van der Waals surface area (Å²) in [4.78, 5) is 0.339. The van der Waals surface area contributed by atoms with Gasteiger partial charge < -0.3 is 10.4 Å². The molecule has 0 atom stereocenters. The van der Waals surface area contributed by atoms with E-state index in [2.05, 4.69) is 5.32 Å². The highest BCUT2D eigenvalue weighted by Gasteiger charge is 2.26. The first-order valence-corrected chi connectivity index (χ1v) is 9.57. The van der Waals surface area contributed by atoms with Crippen LogP contribution in [-0.4, -0.2) is 30.9 Å². The smallest absolute Gasteiger partial charge is 0.243 e. The maximum Gasteiger partial charge on any atom is 0.243 e. The lowest BCUT2D eigenvalue weighted by molar-refractivity contribution is 0.280. The molecule has 0 aliphatic carbocycles. The van der Waals surface area contributed by atoms with Crippen LogP contribution >= 0.6 is 0 Å². The van der Waals surface area contributed by atoms with Gasteiger partial charge >= 0.3 is 0 Å². The van der Waals surface area contributed by atoms with Crippen LogP contribution in [0.4, 0.5) is 5.69 Å². The topological polar surface area (TPSA) is 69.6 Å². The number of anilines is 1. The predicted molar refractivity (Wildman–Crippen MR) is 94.1 cm³/mol. The van der Waals surface area contributed by atoms with Gasteiger partial charge in [-0.1, -0.05) is 24.3 Å². The van der Waals surface area contributed by atoms with Crippen molar-refractivity contribution in [3.63, 3.8) is 0 Å². The molecule has 0 bridgehead atoms. The number of aliphatic hydroxyl groups is 1. The van der Waals surface area contributed by atoms with Gasteiger partial charge in [-0.25, -0.2) is 8.42 Å². The van der Waals surface area contributed by atoms with Gasteiger partial charge in [0.1, 0.15) is 0 Å². The second-order valence-electron chi connectivity index (χ2n) is 5.92. The normalized spacial score (nSPS) is 15.5. The molecule has 2 aromatic carbocycles. The summed E-state index contributed by atoms with van der Waals surface area (Å²) in [5.74, 6) is 0. The molecule has 0 saturated carbocycles. The Balaban J connectivity index is 1.68. The van der Waals surface area contributed by atoms with Crippen molar-refractivity contribution in [1.82, 2.24) is 4.31 Å². The van der Waals surface area contributed by atoms with E-state index in [1.54, 1.807) is 28.6 Å². The summed E-state index contributed by atoms with van der Waals surface area (Å²) in [6.45, 7) is 1.81. The molecule has 1 fully saturated rings. The van der Waals surface area contributed by atoms with Crippen LogP contribution in [0.1, 0.15) is 24.0 Å². The number of rotatable bonds is 6. The molecule has 5 nitrogen and oxygen atoms in total. The fourth-order valence-corrected chi connectivity index (χ4v) is 4.42. The summed E-state index contributed by atoms with van der Waals surface area (Å²) in [6, 6.07) is 14.5. The van der Waals surface area contributed by atoms with Crippen molar-refractivity contribution in [2.75, 3.05) is 18.4 Å². The van der Waals surface area contributed by atoms with E-state index in [0.29, 0.717) is 24.5 Å². The summed E-state index contributed by atoms with van der Waals surface area (Å²) >= 11 is 0. The van der Waals surface area contributed by atoms with Crippen molar-refractivity contribution in [3.05, 3.63) is 59.7 Å². The highest BCUT2D eigenvalue weighted by molar-refractivity contribution is 7.89. The molecular weight excluding hydrogens is 324 g/mol. The van der Waals surface area contributed by atoms with E-state index in [1.165, 1.54) is 0 Å². The van der Waals surface area contributed by atoms with E-state index < -0.39 is 10.0 Å². The molecule has 1 aliphatic heterocycles. The average Bonchev–Trinajstić information content (AvgIpc) is 3.16. The molecule has 2 aromatic rings. The Morgan fingerprint density at radius 1 is 0.958 bits per heavy atom. The summed E-state index contributed by atoms with van der Waals surface area (Å²) in [6.07, 6.45) is 1.87. The van der Waals surface area contributed by atoms with Gasteiger partial charge in [0.05, 0.1) is 11.5 Å². The highest BCUT2D eigenvalue weighted by atomic mass is 32.2. The van der Waals surface area contributed by atoms with Crippen LogP contribution in [0.15, 0.2) is 53.4 Å². The van der Waals surface area contributed by atoms with Crippen LogP contribution in [0.25, 0.3) is 0 Å². The largest absolute Gasteiger partial charge is 0.392 e. The van der Waals surface area contributed by atoms with Crippen LogP contribution in [0.2, 0.25) is 0 Å². The summed E-state index contributed by atoms with van der Waals surface area (Å²) in [5.41, 5.74) is 2.76. The van der Waals surface area contributed by atoms with Crippen LogP contribution in [-0.2, 0) is 23.2 Å². The molecule has 24 heavy (non-hydrogen) atoms. The minimum absolute atomic E-state index is 0.00483. The van der Waals surface area contributed by atoms with Gasteiger partial charge in [0.15, 0.2) is 0 Å². The number of sulfonamides is 1. The van der Waals surface area contributed by atoms with Gasteiger partial charge in [-0.15, -0.1) is 0 Å². The third-order valence-electron chi connectivity index (χ3n) is 4.33. The third kappa shape index (κ3) is 3.61. The fraction of sp³-hybridized carbons (Fsp3) is 0.333. The lowest BCUT2D eigenvalue weighted by atomic mass is 10.1. The molecule has 0 amide bonds. The van der Waals surface area contributed by atoms with E-state index in [1.807, 2.05) is 24.3 Å². The number of hydrogen-bond donors (Lipinski definition) is 2. The molecule has 2 N–H and O–H groups in total. The lowest BCUT2D eigenvalue weighted by Gasteiger charge is -2.16. The zero-order chi connectivity index (χ0) is 17.0. The third-order valence-corrected chi connectivity index (χ3v) is 6.24. The second kappa shape index (κ2) is 7.34. The zero-order valence-electron chi connectivity index (χ0n) is 13.5. The summed E-state index contributed by atoms with van der Waals surface area (Å²) in [5, 5.41) is 12.6. The van der Waals surface area contributed by atoms with E-state index >= 15 is 0 Å². The molecule has 0 unspecified atom stereocenters. The first-order chi connectivity index (χ1) is 11.6. The van der Waals surface area contributed by atoms with Gasteiger partial charge in [0, 0.05) is 25.3 Å². The minimum Gasteiger partial charge on any atom is -0.392 e. The number of hydrogen-bond acceptors (Lipinski definition) is 4. The van der Waals surface area contributed by atoms with Crippen LogP contribution < -0.4 is 5.32 Å². The Morgan fingerprint density at radius 2 is 1.58 bits per heavy atom. The van der Waals surface area contributed by atoms with E-state index in [-0.39, 0.29) is 6.61 Å². The summed E-state index contributed by atoms with van der Waals surface area (Å²) in [7, 11) is -3.36. The van der Waals surface area contributed by atoms with E-state index in [9.17, 15) is 13.5 Å². The predicted octanol–water partition coefficient (Wildman–Crippen LogP) is 2.58. The molecule has 0 radical (unpaired) electrons. The molecule has 128 valence electrons. The van der Waals surface area contributed by atoms with Gasteiger partial charge in [-0.2, -0.15) is 4.31 Å². The van der Waals surface area contributed by atoms with Crippen LogP contribution in [0.3, 0.4) is 0 Å². The van der Waals surface area contributed by atoms with Crippen molar-refractivity contribution >= 4 is 15.7 Å². The van der Waals surface area contributed by atoms with Gasteiger partial charge in [-0.05, 0) is 48.2 Å². The standard InChI is InChI=1S/C18H22N2O3S/c21-14-16-6-2-1-5-15(16)13-19-17-7-9-18(10-8-17)24(22,23)20-11-3-4-12-20/h1-2,5-10,19,21H,3-4,11-14H2. The van der Waals surface area contributed by atoms with Crippen LogP contribution in [0, 0.1) is 0 Å². The van der Waals surface area contributed by atoms with Gasteiger partial charge in [0.2, 0.25) is 10.0 Å². The Bertz CT molecular complexity index is 782. The Morgan fingerprint density at radius 3 is 2.21 bits per heavy atom. The summed E-state index contributed by atoms with van der Waals surface area (Å²) < 4.78 is 26.5. The molecular formula is C18H22N2O3S. The zero-order valence-corrected chi connectivity index (χ0v) is 14.3. The van der Waals surface area contributed by atoms with Crippen molar-refractivity contribution in [1.29, 1.82) is 0 Å². The second-order valence-corrected chi connectivity index (χ2v) is 7.85. The molecule has 1 saturated heterocycles. The first-order valence-electron chi connectivity index (χ1n) is 8.13. The van der Waals surface area contributed by atoms with E-state index in [4.69, 9.17) is 0 Å². The number of nitrogens with zero attached hydrogens (tertiary/aromatic N) is 1. The van der Waals surface area contributed by atoms with Gasteiger partial charge in [0.25, 0.3) is 0 Å². The quantitative estimate of drug-likeness (QED) is 0.843. The SMILES string of the molecule is O=S(=O)(c1ccc(NCc2ccccc2CO)cc1)N1CCCC1. The first kappa shape index (κ1) is 17.0. The Labute approximate surface area is 143 Å². The van der Waals surface area contributed by atoms with Crippen molar-refractivity contribution in [3.8, 4) is 0 Å². The highest BCUT2D eigenvalue weighted by Crippen LogP contribution is 2.22. The molecule has 1 aliphatic rings. The molecule has 3 rings (SSSR count). The number of aliphatic hydroxyl groups excluding tert-OH is 1. The lowest BCUT2D eigenvalue weighted by Crippen LogP contribution is -2.27. The maximum absolute atomic E-state index is 12.5. The molecule has 0 spiro atoms. The fourth-order valence-electron chi connectivity index (χ4n) is 2.90. The van der Waals surface area contributed by atoms with Crippen LogP contribution in [0.5, 0.6) is 0 Å². The van der Waals surface area contributed by atoms with Crippen molar-refractivity contribution < 1.29 is 13.5 Å². The number of benzene rings is 2. The maximum atomic E-state index is 12.5. The number of nitrogens with one attached hydrogen (secondary N) is 1. The van der Waals surface area contributed by atoms with Crippen molar-refractivity contribution in [2.24, 2.45) is 0 Å². The van der Waals surface area contributed by atoms with Crippen molar-refractivity contribution in [2.45, 2.75) is 30.9 Å².